The summed E-state index contributed by atoms with van der Waals surface area (Å²) in [6, 6.07) is 4.25. The fraction of sp³-hybridized carbons (Fsp3) is 0.583. The lowest BCUT2D eigenvalue weighted by molar-refractivity contribution is 0.549. The fourth-order valence-corrected chi connectivity index (χ4v) is 2.17. The van der Waals surface area contributed by atoms with Crippen molar-refractivity contribution in [2.75, 3.05) is 31.6 Å². The molecule has 1 fully saturated rings. The van der Waals surface area contributed by atoms with Gasteiger partial charge in [0.2, 0.25) is 0 Å². The molecule has 3 heteroatoms. The van der Waals surface area contributed by atoms with Crippen molar-refractivity contribution in [1.82, 2.24) is 10.3 Å². The molecule has 1 aliphatic heterocycles. The van der Waals surface area contributed by atoms with Crippen LogP contribution in [0.25, 0.3) is 0 Å². The highest BCUT2D eigenvalue weighted by Crippen LogP contribution is 2.22. The highest BCUT2D eigenvalue weighted by Gasteiger charge is 2.21. The minimum atomic E-state index is 0.788. The van der Waals surface area contributed by atoms with Gasteiger partial charge in [0.15, 0.2) is 0 Å². The molecule has 2 rings (SSSR count). The molecule has 0 bridgehead atoms. The monoisotopic (exact) mass is 205 g/mol. The summed E-state index contributed by atoms with van der Waals surface area (Å²) in [4.78, 5) is 6.76. The predicted octanol–water partition coefficient (Wildman–Crippen LogP) is 1.44. The van der Waals surface area contributed by atoms with Gasteiger partial charge >= 0.3 is 0 Å². The molecule has 0 saturated carbocycles. The SMILES string of the molecule is CNCC1CCN(c2ccc(C)nc2)C1. The van der Waals surface area contributed by atoms with Crippen LogP contribution in [0.4, 0.5) is 5.69 Å². The van der Waals surface area contributed by atoms with Crippen molar-refractivity contribution in [3.8, 4) is 0 Å². The number of nitrogens with zero attached hydrogens (tertiary/aromatic N) is 2. The summed E-state index contributed by atoms with van der Waals surface area (Å²) in [6.45, 7) is 5.47. The fourth-order valence-electron chi connectivity index (χ4n) is 2.17. The van der Waals surface area contributed by atoms with Gasteiger partial charge in [-0.05, 0) is 45.0 Å². The van der Waals surface area contributed by atoms with Gasteiger partial charge in [0.1, 0.15) is 0 Å². The van der Waals surface area contributed by atoms with Crippen molar-refractivity contribution in [3.05, 3.63) is 24.0 Å². The van der Waals surface area contributed by atoms with E-state index >= 15 is 0 Å². The van der Waals surface area contributed by atoms with E-state index in [0.717, 1.165) is 31.2 Å². The second-order valence-electron chi connectivity index (χ2n) is 4.32. The first-order valence-corrected chi connectivity index (χ1v) is 5.62. The van der Waals surface area contributed by atoms with Gasteiger partial charge in [-0.2, -0.15) is 0 Å². The first-order chi connectivity index (χ1) is 7.29. The third-order valence-corrected chi connectivity index (χ3v) is 3.04. The molecule has 1 aliphatic rings. The summed E-state index contributed by atoms with van der Waals surface area (Å²) in [5.74, 6) is 0.788. The lowest BCUT2D eigenvalue weighted by Gasteiger charge is -2.18. The molecule has 3 nitrogen and oxygen atoms in total. The molecular weight excluding hydrogens is 186 g/mol. The van der Waals surface area contributed by atoms with Crippen LogP contribution >= 0.6 is 0 Å². The quantitative estimate of drug-likeness (QED) is 0.809. The van der Waals surface area contributed by atoms with E-state index in [1.165, 1.54) is 12.1 Å². The van der Waals surface area contributed by atoms with Crippen molar-refractivity contribution in [2.24, 2.45) is 5.92 Å². The van der Waals surface area contributed by atoms with Crippen LogP contribution in [0.2, 0.25) is 0 Å². The van der Waals surface area contributed by atoms with Gasteiger partial charge in [0, 0.05) is 18.8 Å². The van der Waals surface area contributed by atoms with Gasteiger partial charge in [0.05, 0.1) is 11.9 Å². The molecule has 2 heterocycles. The van der Waals surface area contributed by atoms with E-state index in [0.29, 0.717) is 0 Å². The Hall–Kier alpha value is -1.09. The molecule has 15 heavy (non-hydrogen) atoms. The Bertz CT molecular complexity index is 307. The number of aromatic nitrogens is 1. The van der Waals surface area contributed by atoms with E-state index in [1.807, 2.05) is 20.2 Å². The Morgan fingerprint density at radius 3 is 3.07 bits per heavy atom. The van der Waals surface area contributed by atoms with E-state index in [1.54, 1.807) is 0 Å². The van der Waals surface area contributed by atoms with E-state index in [9.17, 15) is 0 Å². The molecule has 1 unspecified atom stereocenters. The zero-order valence-electron chi connectivity index (χ0n) is 9.53. The summed E-state index contributed by atoms with van der Waals surface area (Å²) in [7, 11) is 2.02. The molecular formula is C12H19N3. The normalized spacial score (nSPS) is 20.9. The van der Waals surface area contributed by atoms with Gasteiger partial charge in [0.25, 0.3) is 0 Å². The summed E-state index contributed by atoms with van der Waals surface area (Å²) in [5.41, 5.74) is 2.35. The topological polar surface area (TPSA) is 28.2 Å². The smallest absolute Gasteiger partial charge is 0.0553 e. The van der Waals surface area contributed by atoms with E-state index in [4.69, 9.17) is 0 Å². The molecule has 82 valence electrons. The van der Waals surface area contributed by atoms with Gasteiger partial charge in [-0.1, -0.05) is 0 Å². The molecule has 0 amide bonds. The predicted molar refractivity (Wildman–Crippen MR) is 63.2 cm³/mol. The number of aryl methyl sites for hydroxylation is 1. The third kappa shape index (κ3) is 2.48. The molecule has 1 saturated heterocycles. The van der Waals surface area contributed by atoms with Crippen LogP contribution in [0.15, 0.2) is 18.3 Å². The number of hydrogen-bond acceptors (Lipinski definition) is 3. The van der Waals surface area contributed by atoms with E-state index < -0.39 is 0 Å². The molecule has 0 radical (unpaired) electrons. The average molecular weight is 205 g/mol. The third-order valence-electron chi connectivity index (χ3n) is 3.04. The maximum Gasteiger partial charge on any atom is 0.0553 e. The Morgan fingerprint density at radius 2 is 2.40 bits per heavy atom. The second kappa shape index (κ2) is 4.62. The molecule has 0 aromatic carbocycles. The summed E-state index contributed by atoms with van der Waals surface area (Å²) in [6.07, 6.45) is 3.27. The van der Waals surface area contributed by atoms with Crippen LogP contribution in [-0.2, 0) is 0 Å². The lowest BCUT2D eigenvalue weighted by Crippen LogP contribution is -2.24. The minimum absolute atomic E-state index is 0.788. The van der Waals surface area contributed by atoms with Gasteiger partial charge < -0.3 is 10.2 Å². The number of hydrogen-bond donors (Lipinski definition) is 1. The molecule has 1 N–H and O–H groups in total. The Labute approximate surface area is 91.5 Å². The highest BCUT2D eigenvalue weighted by atomic mass is 15.2. The van der Waals surface area contributed by atoms with Gasteiger partial charge in [-0.3, -0.25) is 4.98 Å². The Morgan fingerprint density at radius 1 is 1.53 bits per heavy atom. The summed E-state index contributed by atoms with van der Waals surface area (Å²) in [5, 5.41) is 3.25. The minimum Gasteiger partial charge on any atom is -0.370 e. The van der Waals surface area contributed by atoms with E-state index in [2.05, 4.69) is 27.3 Å². The van der Waals surface area contributed by atoms with Crippen molar-refractivity contribution < 1.29 is 0 Å². The highest BCUT2D eigenvalue weighted by molar-refractivity contribution is 5.45. The number of pyridine rings is 1. The van der Waals surface area contributed by atoms with Crippen LogP contribution < -0.4 is 10.2 Å². The largest absolute Gasteiger partial charge is 0.370 e. The molecule has 1 atom stereocenters. The zero-order valence-corrected chi connectivity index (χ0v) is 9.53. The van der Waals surface area contributed by atoms with Crippen LogP contribution in [0, 0.1) is 12.8 Å². The van der Waals surface area contributed by atoms with Gasteiger partial charge in [-0.25, -0.2) is 0 Å². The molecule has 1 aromatic rings. The maximum absolute atomic E-state index is 4.34. The van der Waals surface area contributed by atoms with Crippen LogP contribution in [0.5, 0.6) is 0 Å². The second-order valence-corrected chi connectivity index (χ2v) is 4.32. The summed E-state index contributed by atoms with van der Waals surface area (Å²) < 4.78 is 0. The maximum atomic E-state index is 4.34. The van der Waals surface area contributed by atoms with E-state index in [-0.39, 0.29) is 0 Å². The average Bonchev–Trinajstić information content (AvgIpc) is 2.68. The molecule has 1 aromatic heterocycles. The number of anilines is 1. The number of nitrogens with one attached hydrogen (secondary N) is 1. The molecule has 0 spiro atoms. The standard InChI is InChI=1S/C12H19N3/c1-10-3-4-12(8-14-10)15-6-5-11(9-15)7-13-2/h3-4,8,11,13H,5-7,9H2,1-2H3. The van der Waals surface area contributed by atoms with Crippen LogP contribution in [-0.4, -0.2) is 31.7 Å². The van der Waals surface area contributed by atoms with Crippen LogP contribution in [0.3, 0.4) is 0 Å². The Kier molecular flexibility index (Phi) is 3.21. The lowest BCUT2D eigenvalue weighted by atomic mass is 10.1. The summed E-state index contributed by atoms with van der Waals surface area (Å²) >= 11 is 0. The van der Waals surface area contributed by atoms with Gasteiger partial charge in [-0.15, -0.1) is 0 Å². The zero-order chi connectivity index (χ0) is 10.7. The van der Waals surface area contributed by atoms with Crippen molar-refractivity contribution in [2.45, 2.75) is 13.3 Å². The van der Waals surface area contributed by atoms with Crippen molar-refractivity contribution in [1.29, 1.82) is 0 Å². The number of rotatable bonds is 3. The molecule has 0 aliphatic carbocycles. The van der Waals surface area contributed by atoms with Crippen molar-refractivity contribution in [3.63, 3.8) is 0 Å². The van der Waals surface area contributed by atoms with Crippen LogP contribution in [0.1, 0.15) is 12.1 Å². The Balaban J connectivity index is 1.98. The van der Waals surface area contributed by atoms with Crippen molar-refractivity contribution >= 4 is 5.69 Å². The first-order valence-electron chi connectivity index (χ1n) is 5.62. The first kappa shape index (κ1) is 10.4.